The molecule has 1 atom stereocenters. The molecule has 0 saturated heterocycles. The van der Waals surface area contributed by atoms with Crippen molar-refractivity contribution in [2.75, 3.05) is 0 Å². The molecule has 2 aromatic rings. The van der Waals surface area contributed by atoms with Gasteiger partial charge in [-0.1, -0.05) is 28.1 Å². The fourth-order valence-electron chi connectivity index (χ4n) is 2.08. The van der Waals surface area contributed by atoms with E-state index < -0.39 is 5.60 Å². The lowest BCUT2D eigenvalue weighted by molar-refractivity contribution is 0.0563. The smallest absolute Gasteiger partial charge is 0.126 e. The molecule has 0 saturated carbocycles. The van der Waals surface area contributed by atoms with Crippen LogP contribution in [0.5, 0.6) is 0 Å². The Morgan fingerprint density at radius 2 is 1.80 bits per heavy atom. The van der Waals surface area contributed by atoms with Crippen LogP contribution in [0, 0.1) is 18.6 Å². The van der Waals surface area contributed by atoms with E-state index in [0.717, 1.165) is 4.47 Å². The lowest BCUT2D eigenvalue weighted by Gasteiger charge is -2.24. The normalized spacial score (nSPS) is 14.1. The first-order valence-corrected chi connectivity index (χ1v) is 7.02. The molecule has 2 aromatic carbocycles. The van der Waals surface area contributed by atoms with Gasteiger partial charge in [-0.15, -0.1) is 0 Å². The summed E-state index contributed by atoms with van der Waals surface area (Å²) in [5, 5.41) is 10.5. The highest BCUT2D eigenvalue weighted by atomic mass is 79.9. The zero-order valence-electron chi connectivity index (χ0n) is 11.3. The van der Waals surface area contributed by atoms with E-state index in [9.17, 15) is 13.9 Å². The average Bonchev–Trinajstić information content (AvgIpc) is 2.36. The van der Waals surface area contributed by atoms with Crippen LogP contribution in [0.25, 0.3) is 0 Å². The van der Waals surface area contributed by atoms with E-state index in [4.69, 9.17) is 0 Å². The molecule has 1 nitrogen and oxygen atoms in total. The average molecular weight is 341 g/mol. The van der Waals surface area contributed by atoms with Crippen LogP contribution in [-0.4, -0.2) is 5.11 Å². The van der Waals surface area contributed by atoms with Crippen molar-refractivity contribution in [3.8, 4) is 0 Å². The van der Waals surface area contributed by atoms with Crippen LogP contribution >= 0.6 is 15.9 Å². The maximum absolute atomic E-state index is 13.8. The lowest BCUT2D eigenvalue weighted by atomic mass is 9.88. The lowest BCUT2D eigenvalue weighted by Crippen LogP contribution is -2.25. The Morgan fingerprint density at radius 3 is 2.45 bits per heavy atom. The maximum Gasteiger partial charge on any atom is 0.126 e. The van der Waals surface area contributed by atoms with Crippen molar-refractivity contribution in [1.82, 2.24) is 0 Å². The highest BCUT2D eigenvalue weighted by molar-refractivity contribution is 9.10. The fraction of sp³-hybridized carbons (Fsp3) is 0.250. The van der Waals surface area contributed by atoms with E-state index in [1.807, 2.05) is 0 Å². The topological polar surface area (TPSA) is 20.2 Å². The highest BCUT2D eigenvalue weighted by Gasteiger charge is 2.26. The molecule has 0 spiro atoms. The van der Waals surface area contributed by atoms with Gasteiger partial charge in [0, 0.05) is 10.9 Å². The third-order valence-corrected chi connectivity index (χ3v) is 3.83. The standard InChI is InChI=1S/C16H15BrF2O/c1-10-3-4-12(8-15(10)19)16(2,20)9-11-7-13(17)5-6-14(11)18/h3-8,20H,9H2,1-2H3. The zero-order chi connectivity index (χ0) is 14.9. The molecule has 0 aliphatic rings. The molecule has 0 aliphatic heterocycles. The van der Waals surface area contributed by atoms with Crippen molar-refractivity contribution >= 4 is 15.9 Å². The molecular weight excluding hydrogens is 326 g/mol. The Morgan fingerprint density at radius 1 is 1.10 bits per heavy atom. The third-order valence-electron chi connectivity index (χ3n) is 3.34. The van der Waals surface area contributed by atoms with Crippen LogP contribution in [-0.2, 0) is 12.0 Å². The fourth-order valence-corrected chi connectivity index (χ4v) is 2.49. The van der Waals surface area contributed by atoms with Gasteiger partial charge in [0.05, 0.1) is 5.60 Å². The molecule has 1 unspecified atom stereocenters. The summed E-state index contributed by atoms with van der Waals surface area (Å²) < 4.78 is 28.1. The molecule has 0 bridgehead atoms. The molecule has 0 heterocycles. The summed E-state index contributed by atoms with van der Waals surface area (Å²) >= 11 is 3.27. The number of hydrogen-bond donors (Lipinski definition) is 1. The van der Waals surface area contributed by atoms with Gasteiger partial charge in [-0.25, -0.2) is 8.78 Å². The summed E-state index contributed by atoms with van der Waals surface area (Å²) in [6.45, 7) is 3.21. The van der Waals surface area contributed by atoms with Crippen LogP contribution in [0.15, 0.2) is 40.9 Å². The van der Waals surface area contributed by atoms with Gasteiger partial charge in [0.15, 0.2) is 0 Å². The van der Waals surface area contributed by atoms with Gasteiger partial charge < -0.3 is 5.11 Å². The Balaban J connectivity index is 2.34. The SMILES string of the molecule is Cc1ccc(C(C)(O)Cc2cc(Br)ccc2F)cc1F. The van der Waals surface area contributed by atoms with E-state index in [1.165, 1.54) is 12.1 Å². The Hall–Kier alpha value is -1.26. The van der Waals surface area contributed by atoms with Gasteiger partial charge in [-0.05, 0) is 54.8 Å². The van der Waals surface area contributed by atoms with E-state index in [1.54, 1.807) is 38.1 Å². The minimum Gasteiger partial charge on any atom is -0.385 e. The molecule has 20 heavy (non-hydrogen) atoms. The van der Waals surface area contributed by atoms with Gasteiger partial charge in [-0.2, -0.15) is 0 Å². The number of aliphatic hydroxyl groups is 1. The first-order valence-electron chi connectivity index (χ1n) is 6.22. The second-order valence-electron chi connectivity index (χ2n) is 5.15. The molecule has 0 aliphatic carbocycles. The quantitative estimate of drug-likeness (QED) is 0.872. The number of rotatable bonds is 3. The number of hydrogen-bond acceptors (Lipinski definition) is 1. The summed E-state index contributed by atoms with van der Waals surface area (Å²) in [6.07, 6.45) is 0.0702. The van der Waals surface area contributed by atoms with E-state index in [0.29, 0.717) is 16.7 Å². The largest absolute Gasteiger partial charge is 0.385 e. The molecule has 0 fully saturated rings. The Bertz CT molecular complexity index is 638. The van der Waals surface area contributed by atoms with Crippen LogP contribution in [0.2, 0.25) is 0 Å². The molecular formula is C16H15BrF2O. The van der Waals surface area contributed by atoms with Crippen molar-refractivity contribution in [3.05, 3.63) is 69.2 Å². The van der Waals surface area contributed by atoms with Crippen molar-refractivity contribution in [3.63, 3.8) is 0 Å². The Kier molecular flexibility index (Phi) is 4.25. The monoisotopic (exact) mass is 340 g/mol. The third kappa shape index (κ3) is 3.25. The first-order chi connectivity index (χ1) is 9.29. The zero-order valence-corrected chi connectivity index (χ0v) is 12.8. The van der Waals surface area contributed by atoms with Crippen LogP contribution in [0.4, 0.5) is 8.78 Å². The number of halogens is 3. The molecule has 106 valence electrons. The van der Waals surface area contributed by atoms with Crippen molar-refractivity contribution < 1.29 is 13.9 Å². The van der Waals surface area contributed by atoms with Crippen molar-refractivity contribution in [2.45, 2.75) is 25.9 Å². The summed E-state index contributed by atoms with van der Waals surface area (Å²) in [7, 11) is 0. The summed E-state index contributed by atoms with van der Waals surface area (Å²) in [4.78, 5) is 0. The van der Waals surface area contributed by atoms with Crippen molar-refractivity contribution in [1.29, 1.82) is 0 Å². The highest BCUT2D eigenvalue weighted by Crippen LogP contribution is 2.28. The number of benzene rings is 2. The van der Waals surface area contributed by atoms with Gasteiger partial charge in [0.2, 0.25) is 0 Å². The van der Waals surface area contributed by atoms with Crippen LogP contribution < -0.4 is 0 Å². The van der Waals surface area contributed by atoms with Gasteiger partial charge in [0.25, 0.3) is 0 Å². The van der Waals surface area contributed by atoms with Crippen molar-refractivity contribution in [2.24, 2.45) is 0 Å². The van der Waals surface area contributed by atoms with E-state index in [2.05, 4.69) is 15.9 Å². The summed E-state index contributed by atoms with van der Waals surface area (Å²) in [5.41, 5.74) is -0.0144. The van der Waals surface area contributed by atoms with Crippen LogP contribution in [0.1, 0.15) is 23.6 Å². The molecule has 1 N–H and O–H groups in total. The number of aryl methyl sites for hydroxylation is 1. The van der Waals surface area contributed by atoms with Gasteiger partial charge in [0.1, 0.15) is 11.6 Å². The van der Waals surface area contributed by atoms with Gasteiger partial charge >= 0.3 is 0 Å². The van der Waals surface area contributed by atoms with E-state index in [-0.39, 0.29) is 18.1 Å². The molecule has 0 amide bonds. The minimum absolute atomic E-state index is 0.0702. The molecule has 0 radical (unpaired) electrons. The summed E-state index contributed by atoms with van der Waals surface area (Å²) in [6, 6.07) is 9.12. The van der Waals surface area contributed by atoms with Gasteiger partial charge in [-0.3, -0.25) is 0 Å². The second kappa shape index (κ2) is 5.62. The predicted molar refractivity (Wildman–Crippen MR) is 78.5 cm³/mol. The van der Waals surface area contributed by atoms with Crippen LogP contribution in [0.3, 0.4) is 0 Å². The second-order valence-corrected chi connectivity index (χ2v) is 6.07. The molecule has 0 aromatic heterocycles. The van der Waals surface area contributed by atoms with E-state index >= 15 is 0 Å². The minimum atomic E-state index is -1.34. The Labute approximate surface area is 125 Å². The maximum atomic E-state index is 13.8. The summed E-state index contributed by atoms with van der Waals surface area (Å²) in [5.74, 6) is -0.765. The predicted octanol–water partition coefficient (Wildman–Crippen LogP) is 4.49. The molecule has 2 rings (SSSR count). The first kappa shape index (κ1) is 15.1. The molecule has 4 heteroatoms.